The molecule has 1 aliphatic rings. The normalized spacial score (nSPS) is 27.3. The van der Waals surface area contributed by atoms with Gasteiger partial charge in [0.25, 0.3) is 0 Å². The van der Waals surface area contributed by atoms with Crippen LogP contribution >= 0.6 is 11.6 Å². The van der Waals surface area contributed by atoms with Crippen molar-refractivity contribution in [2.75, 3.05) is 19.5 Å². The minimum absolute atomic E-state index is 0.0253. The Bertz CT molecular complexity index is 243. The van der Waals surface area contributed by atoms with Gasteiger partial charge in [-0.25, -0.2) is 4.39 Å². The van der Waals surface area contributed by atoms with Crippen LogP contribution < -0.4 is 0 Å². The molecule has 0 bridgehead atoms. The number of hydrogen-bond acceptors (Lipinski definition) is 2. The summed E-state index contributed by atoms with van der Waals surface area (Å²) in [5, 5.41) is 0. The summed E-state index contributed by atoms with van der Waals surface area (Å²) in [5.41, 5.74) is -0.195. The molecule has 0 aromatic carbocycles. The van der Waals surface area contributed by atoms with E-state index in [0.717, 1.165) is 13.0 Å². The van der Waals surface area contributed by atoms with E-state index in [1.165, 1.54) is 0 Å². The minimum atomic E-state index is -0.238. The summed E-state index contributed by atoms with van der Waals surface area (Å²) in [6, 6.07) is 0.374. The Balaban J connectivity index is 2.35. The van der Waals surface area contributed by atoms with Crippen molar-refractivity contribution in [3.63, 3.8) is 0 Å². The first kappa shape index (κ1) is 12.9. The number of nitrogens with zero attached hydrogens (tertiary/aromatic N) is 1. The van der Waals surface area contributed by atoms with E-state index >= 15 is 0 Å². The molecule has 0 aromatic heterocycles. The van der Waals surface area contributed by atoms with Crippen molar-refractivity contribution < 1.29 is 9.13 Å². The third kappa shape index (κ3) is 3.44. The van der Waals surface area contributed by atoms with Gasteiger partial charge in [-0.2, -0.15) is 0 Å². The zero-order chi connectivity index (χ0) is 11.5. The fraction of sp³-hybridized carbons (Fsp3) is 0.818. The lowest BCUT2D eigenvalue weighted by Crippen LogP contribution is -2.40. The molecule has 1 fully saturated rings. The highest BCUT2D eigenvalue weighted by Crippen LogP contribution is 2.27. The number of hydrogen-bond donors (Lipinski definition) is 0. The van der Waals surface area contributed by atoms with Crippen LogP contribution in [0.3, 0.4) is 0 Å². The van der Waals surface area contributed by atoms with Gasteiger partial charge >= 0.3 is 0 Å². The Kier molecular flexibility index (Phi) is 4.56. The fourth-order valence-electron chi connectivity index (χ4n) is 1.72. The molecule has 0 radical (unpaired) electrons. The number of halogens is 2. The van der Waals surface area contributed by atoms with Crippen LogP contribution in [-0.4, -0.2) is 36.2 Å². The van der Waals surface area contributed by atoms with Gasteiger partial charge in [0, 0.05) is 6.04 Å². The van der Waals surface area contributed by atoms with Crippen molar-refractivity contribution in [1.82, 2.24) is 4.90 Å². The summed E-state index contributed by atoms with van der Waals surface area (Å²) < 4.78 is 18.4. The second-order valence-electron chi connectivity index (χ2n) is 4.38. The van der Waals surface area contributed by atoms with Crippen molar-refractivity contribution >= 4 is 11.6 Å². The van der Waals surface area contributed by atoms with Crippen LogP contribution in [0.25, 0.3) is 0 Å². The fourth-order valence-corrected chi connectivity index (χ4v) is 1.83. The van der Waals surface area contributed by atoms with Crippen LogP contribution in [0, 0.1) is 0 Å². The number of allylic oxidation sites excluding steroid dienone is 2. The highest BCUT2D eigenvalue weighted by molar-refractivity contribution is 6.19. The standard InChI is InChI=1S/C11H19ClFNO/c1-11(2)14(3)10(8-15-11)6-4-5-9(13)7-12/h5,10H,4,6-8H2,1-3H3/t10-/m0/s1. The van der Waals surface area contributed by atoms with Gasteiger partial charge in [0.15, 0.2) is 0 Å². The second kappa shape index (κ2) is 5.28. The van der Waals surface area contributed by atoms with Crippen molar-refractivity contribution in [2.45, 2.75) is 38.5 Å². The zero-order valence-corrected chi connectivity index (χ0v) is 10.4. The molecule has 1 atom stereocenters. The van der Waals surface area contributed by atoms with Crippen molar-refractivity contribution in [3.05, 3.63) is 11.9 Å². The molecule has 15 heavy (non-hydrogen) atoms. The second-order valence-corrected chi connectivity index (χ2v) is 4.65. The summed E-state index contributed by atoms with van der Waals surface area (Å²) in [6.07, 6.45) is 3.18. The number of alkyl halides is 1. The first-order valence-electron chi connectivity index (χ1n) is 5.25. The first-order chi connectivity index (χ1) is 6.97. The maximum absolute atomic E-state index is 12.7. The van der Waals surface area contributed by atoms with E-state index < -0.39 is 0 Å². The molecule has 0 unspecified atom stereocenters. The predicted molar refractivity (Wildman–Crippen MR) is 60.7 cm³/mol. The van der Waals surface area contributed by atoms with E-state index in [2.05, 4.69) is 4.90 Å². The van der Waals surface area contributed by atoms with Gasteiger partial charge in [0.2, 0.25) is 0 Å². The van der Waals surface area contributed by atoms with Crippen LogP contribution in [0.1, 0.15) is 26.7 Å². The molecule has 0 aliphatic carbocycles. The summed E-state index contributed by atoms with van der Waals surface area (Å²) in [4.78, 5) is 2.19. The molecule has 0 saturated carbocycles. The van der Waals surface area contributed by atoms with Crippen molar-refractivity contribution in [1.29, 1.82) is 0 Å². The van der Waals surface area contributed by atoms with E-state index in [1.54, 1.807) is 6.08 Å². The van der Waals surface area contributed by atoms with Crippen molar-refractivity contribution in [2.24, 2.45) is 0 Å². The van der Waals surface area contributed by atoms with Gasteiger partial charge in [0.05, 0.1) is 12.5 Å². The lowest BCUT2D eigenvalue weighted by Gasteiger charge is -2.29. The Morgan fingerprint density at radius 1 is 1.67 bits per heavy atom. The largest absolute Gasteiger partial charge is 0.359 e. The highest BCUT2D eigenvalue weighted by Gasteiger charge is 2.36. The number of likely N-dealkylation sites (N-methyl/N-ethyl adjacent to an activating group) is 1. The summed E-state index contributed by atoms with van der Waals surface area (Å²) in [5.74, 6) is -0.264. The van der Waals surface area contributed by atoms with Crippen LogP contribution in [0.4, 0.5) is 4.39 Å². The van der Waals surface area contributed by atoms with Crippen LogP contribution in [0.15, 0.2) is 11.9 Å². The summed E-state index contributed by atoms with van der Waals surface area (Å²) in [6.45, 7) is 4.81. The molecule has 2 nitrogen and oxygen atoms in total. The lowest BCUT2D eigenvalue weighted by atomic mass is 10.1. The molecule has 4 heteroatoms. The predicted octanol–water partition coefficient (Wildman–Crippen LogP) is 2.93. The molecule has 1 rings (SSSR count). The number of ether oxygens (including phenoxy) is 1. The average Bonchev–Trinajstić information content (AvgIpc) is 2.44. The zero-order valence-electron chi connectivity index (χ0n) is 9.59. The Morgan fingerprint density at radius 3 is 2.80 bits per heavy atom. The maximum Gasteiger partial charge on any atom is 0.116 e. The SMILES string of the molecule is CN1[C@@H](CCC=C(F)CCl)COC1(C)C. The van der Waals surface area contributed by atoms with E-state index in [-0.39, 0.29) is 17.4 Å². The van der Waals surface area contributed by atoms with Crippen LogP contribution in [0.2, 0.25) is 0 Å². The third-order valence-electron chi connectivity index (χ3n) is 3.02. The van der Waals surface area contributed by atoms with E-state index in [4.69, 9.17) is 16.3 Å². The monoisotopic (exact) mass is 235 g/mol. The minimum Gasteiger partial charge on any atom is -0.359 e. The lowest BCUT2D eigenvalue weighted by molar-refractivity contribution is -0.0414. The summed E-state index contributed by atoms with van der Waals surface area (Å²) >= 11 is 5.34. The van der Waals surface area contributed by atoms with Gasteiger partial charge in [-0.1, -0.05) is 6.08 Å². The molecule has 0 amide bonds. The topological polar surface area (TPSA) is 12.5 Å². The molecule has 0 N–H and O–H groups in total. The maximum atomic E-state index is 12.7. The van der Waals surface area contributed by atoms with E-state index in [9.17, 15) is 4.39 Å². The smallest absolute Gasteiger partial charge is 0.116 e. The molecule has 1 aliphatic heterocycles. The molecule has 88 valence electrons. The molecular weight excluding hydrogens is 217 g/mol. The molecule has 0 spiro atoms. The van der Waals surface area contributed by atoms with E-state index in [0.29, 0.717) is 12.5 Å². The third-order valence-corrected chi connectivity index (χ3v) is 3.27. The van der Waals surface area contributed by atoms with Gasteiger partial charge < -0.3 is 4.74 Å². The van der Waals surface area contributed by atoms with Gasteiger partial charge in [-0.15, -0.1) is 11.6 Å². The average molecular weight is 236 g/mol. The van der Waals surface area contributed by atoms with E-state index in [1.807, 2.05) is 20.9 Å². The Hall–Kier alpha value is -0.120. The van der Waals surface area contributed by atoms with Gasteiger partial charge in [-0.05, 0) is 33.7 Å². The van der Waals surface area contributed by atoms with Crippen LogP contribution in [0.5, 0.6) is 0 Å². The Labute approximate surface area is 96.0 Å². The first-order valence-corrected chi connectivity index (χ1v) is 5.78. The van der Waals surface area contributed by atoms with Crippen LogP contribution in [-0.2, 0) is 4.74 Å². The summed E-state index contributed by atoms with van der Waals surface area (Å²) in [7, 11) is 2.04. The van der Waals surface area contributed by atoms with Crippen molar-refractivity contribution in [3.8, 4) is 0 Å². The Morgan fingerprint density at radius 2 is 2.33 bits per heavy atom. The molecule has 1 heterocycles. The number of rotatable bonds is 4. The quantitative estimate of drug-likeness (QED) is 0.695. The highest BCUT2D eigenvalue weighted by atomic mass is 35.5. The molecule has 0 aromatic rings. The van der Waals surface area contributed by atoms with Gasteiger partial charge in [-0.3, -0.25) is 4.90 Å². The van der Waals surface area contributed by atoms with Gasteiger partial charge in [0.1, 0.15) is 11.6 Å². The molecule has 1 saturated heterocycles. The molecular formula is C11H19ClFNO.